The summed E-state index contributed by atoms with van der Waals surface area (Å²) < 4.78 is 0. The number of hydrogen-bond donors (Lipinski definition) is 3. The Morgan fingerprint density at radius 2 is 2.05 bits per heavy atom. The molecule has 1 aromatic heterocycles. The van der Waals surface area contributed by atoms with Crippen LogP contribution in [0, 0.1) is 6.92 Å². The molecule has 0 aliphatic carbocycles. The molecule has 1 aliphatic heterocycles. The summed E-state index contributed by atoms with van der Waals surface area (Å²) in [5, 5.41) is 18.6. The van der Waals surface area contributed by atoms with Crippen molar-refractivity contribution in [1.82, 2.24) is 10.2 Å². The normalized spacial score (nSPS) is 17.4. The summed E-state index contributed by atoms with van der Waals surface area (Å²) in [4.78, 5) is 22.6. The van der Waals surface area contributed by atoms with E-state index in [2.05, 4.69) is 15.5 Å². The molecule has 0 fully saturated rings. The number of fused-ring (bicyclic) bond motifs is 1. The van der Waals surface area contributed by atoms with Crippen LogP contribution in [0.3, 0.4) is 0 Å². The van der Waals surface area contributed by atoms with Crippen LogP contribution in [0.2, 0.25) is 0 Å². The second-order valence-corrected chi connectivity index (χ2v) is 4.84. The predicted molar refractivity (Wildman–Crippen MR) is 71.8 cm³/mol. The number of hydrogen-bond acceptors (Lipinski definition) is 3. The fraction of sp³-hybridized carbons (Fsp3) is 0.214. The van der Waals surface area contributed by atoms with Crippen molar-refractivity contribution in [3.63, 3.8) is 0 Å². The number of rotatable bonds is 2. The quantitative estimate of drug-likeness (QED) is 0.777. The van der Waals surface area contributed by atoms with Crippen LogP contribution in [0.4, 0.5) is 5.82 Å². The lowest BCUT2D eigenvalue weighted by molar-refractivity contribution is -0.116. The summed E-state index contributed by atoms with van der Waals surface area (Å²) >= 11 is 0. The number of benzene rings is 1. The van der Waals surface area contributed by atoms with Gasteiger partial charge in [0.05, 0.1) is 5.56 Å². The number of aromatic nitrogens is 2. The zero-order chi connectivity index (χ0) is 14.3. The van der Waals surface area contributed by atoms with Gasteiger partial charge in [0.1, 0.15) is 0 Å². The van der Waals surface area contributed by atoms with Crippen LogP contribution in [0.5, 0.6) is 0 Å². The molecule has 1 amide bonds. The van der Waals surface area contributed by atoms with Crippen molar-refractivity contribution in [2.24, 2.45) is 0 Å². The van der Waals surface area contributed by atoms with Gasteiger partial charge in [-0.15, -0.1) is 0 Å². The second kappa shape index (κ2) is 4.48. The number of H-pyrrole nitrogens is 1. The van der Waals surface area contributed by atoms with Crippen molar-refractivity contribution in [2.45, 2.75) is 19.3 Å². The highest BCUT2D eigenvalue weighted by Gasteiger charge is 2.30. The molecule has 2 heterocycles. The van der Waals surface area contributed by atoms with Gasteiger partial charge < -0.3 is 10.4 Å². The van der Waals surface area contributed by atoms with Crippen molar-refractivity contribution in [3.8, 4) is 0 Å². The Labute approximate surface area is 114 Å². The van der Waals surface area contributed by atoms with Crippen molar-refractivity contribution < 1.29 is 14.7 Å². The summed E-state index contributed by atoms with van der Waals surface area (Å²) in [7, 11) is 0. The maximum absolute atomic E-state index is 11.7. The molecule has 102 valence electrons. The maximum atomic E-state index is 11.7. The van der Waals surface area contributed by atoms with Gasteiger partial charge >= 0.3 is 5.97 Å². The van der Waals surface area contributed by atoms with Crippen LogP contribution in [0.25, 0.3) is 0 Å². The summed E-state index contributed by atoms with van der Waals surface area (Å²) in [6.07, 6.45) is 0.333. The summed E-state index contributed by atoms with van der Waals surface area (Å²) in [6.45, 7) is 1.90. The number of carbonyl (C=O) groups excluding carboxylic acids is 1. The topological polar surface area (TPSA) is 95.1 Å². The number of nitrogens with zero attached hydrogens (tertiary/aromatic N) is 1. The van der Waals surface area contributed by atoms with Gasteiger partial charge in [0, 0.05) is 23.6 Å². The first kappa shape index (κ1) is 12.4. The molecule has 6 heteroatoms. The molecule has 0 unspecified atom stereocenters. The van der Waals surface area contributed by atoms with Crippen LogP contribution in [-0.2, 0) is 4.79 Å². The van der Waals surface area contributed by atoms with Crippen molar-refractivity contribution >= 4 is 17.7 Å². The number of amides is 1. The van der Waals surface area contributed by atoms with Crippen molar-refractivity contribution in [1.29, 1.82) is 0 Å². The Balaban J connectivity index is 2.03. The molecule has 0 spiro atoms. The second-order valence-electron chi connectivity index (χ2n) is 4.84. The number of aromatic amines is 1. The monoisotopic (exact) mass is 271 g/mol. The van der Waals surface area contributed by atoms with Crippen LogP contribution in [-0.4, -0.2) is 27.2 Å². The number of nitrogens with one attached hydrogen (secondary N) is 2. The van der Waals surface area contributed by atoms with E-state index in [0.717, 1.165) is 16.8 Å². The van der Waals surface area contributed by atoms with E-state index in [4.69, 9.17) is 5.11 Å². The molecule has 0 saturated carbocycles. The lowest BCUT2D eigenvalue weighted by atomic mass is 9.85. The Morgan fingerprint density at radius 1 is 1.35 bits per heavy atom. The SMILES string of the molecule is Cc1[nH]nc2c1[C@H](c1ccc(C(=O)O)cc1)CC(=O)N2. The van der Waals surface area contributed by atoms with Crippen molar-refractivity contribution in [2.75, 3.05) is 5.32 Å². The third kappa shape index (κ3) is 1.95. The predicted octanol–water partition coefficient (Wildman–Crippen LogP) is 1.89. The summed E-state index contributed by atoms with van der Waals surface area (Å²) in [5.74, 6) is -0.583. The van der Waals surface area contributed by atoms with E-state index in [1.165, 1.54) is 0 Å². The number of carbonyl (C=O) groups is 2. The number of aryl methyl sites for hydroxylation is 1. The molecule has 2 aromatic rings. The van der Waals surface area contributed by atoms with Crippen LogP contribution >= 0.6 is 0 Å². The first-order chi connectivity index (χ1) is 9.56. The fourth-order valence-corrected chi connectivity index (χ4v) is 2.57. The average Bonchev–Trinajstić information content (AvgIpc) is 2.79. The highest BCUT2D eigenvalue weighted by molar-refractivity contribution is 5.94. The highest BCUT2D eigenvalue weighted by Crippen LogP contribution is 2.37. The van der Waals surface area contributed by atoms with Gasteiger partial charge in [-0.05, 0) is 24.6 Å². The van der Waals surface area contributed by atoms with E-state index < -0.39 is 5.97 Å². The van der Waals surface area contributed by atoms with Gasteiger partial charge in [-0.25, -0.2) is 4.79 Å². The highest BCUT2D eigenvalue weighted by atomic mass is 16.4. The maximum Gasteiger partial charge on any atom is 0.335 e. The zero-order valence-corrected chi connectivity index (χ0v) is 10.8. The Kier molecular flexibility index (Phi) is 2.78. The van der Waals surface area contributed by atoms with Gasteiger partial charge in [0.2, 0.25) is 5.91 Å². The third-order valence-electron chi connectivity index (χ3n) is 3.55. The van der Waals surface area contributed by atoms with Crippen LogP contribution in [0.15, 0.2) is 24.3 Å². The average molecular weight is 271 g/mol. The van der Waals surface area contributed by atoms with E-state index in [-0.39, 0.29) is 17.4 Å². The van der Waals surface area contributed by atoms with E-state index >= 15 is 0 Å². The number of carboxylic acid groups (broad SMARTS) is 1. The van der Waals surface area contributed by atoms with Gasteiger partial charge in [-0.3, -0.25) is 9.89 Å². The van der Waals surface area contributed by atoms with Crippen molar-refractivity contribution in [3.05, 3.63) is 46.6 Å². The summed E-state index contributed by atoms with van der Waals surface area (Å²) in [6, 6.07) is 6.62. The first-order valence-electron chi connectivity index (χ1n) is 6.24. The number of anilines is 1. The minimum Gasteiger partial charge on any atom is -0.478 e. The molecule has 6 nitrogen and oxygen atoms in total. The lowest BCUT2D eigenvalue weighted by Crippen LogP contribution is -2.23. The van der Waals surface area contributed by atoms with E-state index in [1.54, 1.807) is 24.3 Å². The largest absolute Gasteiger partial charge is 0.478 e. The summed E-state index contributed by atoms with van der Waals surface area (Å²) in [5.41, 5.74) is 3.02. The number of carboxylic acids is 1. The van der Waals surface area contributed by atoms with Crippen LogP contribution in [0.1, 0.15) is 39.5 Å². The van der Waals surface area contributed by atoms with Gasteiger partial charge in [-0.2, -0.15) is 5.10 Å². The molecule has 0 bridgehead atoms. The van der Waals surface area contributed by atoms with Gasteiger partial charge in [-0.1, -0.05) is 12.1 Å². The van der Waals surface area contributed by atoms with E-state index in [0.29, 0.717) is 12.2 Å². The molecule has 1 aromatic carbocycles. The molecule has 0 radical (unpaired) electrons. The molecule has 0 saturated heterocycles. The molecule has 3 rings (SSSR count). The first-order valence-corrected chi connectivity index (χ1v) is 6.24. The van der Waals surface area contributed by atoms with Gasteiger partial charge in [0.25, 0.3) is 0 Å². The molecule has 1 atom stereocenters. The molecular formula is C14H13N3O3. The lowest BCUT2D eigenvalue weighted by Gasteiger charge is -2.23. The molecule has 3 N–H and O–H groups in total. The minimum atomic E-state index is -0.960. The van der Waals surface area contributed by atoms with E-state index in [9.17, 15) is 9.59 Å². The molecule has 1 aliphatic rings. The smallest absolute Gasteiger partial charge is 0.335 e. The minimum absolute atomic E-state index is 0.0867. The Hall–Kier alpha value is -2.63. The van der Waals surface area contributed by atoms with Gasteiger partial charge in [0.15, 0.2) is 5.82 Å². The Bertz CT molecular complexity index is 688. The standard InChI is InChI=1S/C14H13N3O3/c1-7-12-10(6-11(18)15-13(12)17-16-7)8-2-4-9(5-3-8)14(19)20/h2-5,10H,6H2,1H3,(H,19,20)(H2,15,16,17,18)/t10-/m0/s1. The fourth-order valence-electron chi connectivity index (χ4n) is 2.57. The molecule has 20 heavy (non-hydrogen) atoms. The van der Waals surface area contributed by atoms with Crippen LogP contribution < -0.4 is 5.32 Å². The number of aromatic carboxylic acids is 1. The van der Waals surface area contributed by atoms with E-state index in [1.807, 2.05) is 6.92 Å². The third-order valence-corrected chi connectivity index (χ3v) is 3.55. The molecular weight excluding hydrogens is 258 g/mol. The zero-order valence-electron chi connectivity index (χ0n) is 10.8. The Morgan fingerprint density at radius 3 is 2.70 bits per heavy atom.